The minimum Gasteiger partial charge on any atom is -0.497 e. The van der Waals surface area contributed by atoms with Crippen LogP contribution < -0.4 is 14.8 Å². The molecule has 0 radical (unpaired) electrons. The molecule has 5 nitrogen and oxygen atoms in total. The first kappa shape index (κ1) is 18.9. The van der Waals surface area contributed by atoms with Crippen molar-refractivity contribution in [1.82, 2.24) is 4.98 Å². The lowest BCUT2D eigenvalue weighted by Gasteiger charge is -2.04. The van der Waals surface area contributed by atoms with Crippen molar-refractivity contribution < 1.29 is 14.3 Å². The van der Waals surface area contributed by atoms with Gasteiger partial charge in [0.15, 0.2) is 5.13 Å². The highest BCUT2D eigenvalue weighted by Gasteiger charge is 2.15. The molecule has 0 spiro atoms. The van der Waals surface area contributed by atoms with Gasteiger partial charge in [-0.15, -0.1) is 11.3 Å². The standard InChI is InChI=1S/C21H22N2O3S/c1-4-5-18-19(14-6-10-16(25-2)11-7-14)22-21(27-18)23-20(24)15-8-12-17(26-3)13-9-15/h6-13H,4-5H2,1-3H3,(H,22,23,24). The number of aromatic nitrogens is 1. The quantitative estimate of drug-likeness (QED) is 0.622. The van der Waals surface area contributed by atoms with Crippen molar-refractivity contribution in [1.29, 1.82) is 0 Å². The monoisotopic (exact) mass is 382 g/mol. The number of methoxy groups -OCH3 is 2. The Labute approximate surface area is 163 Å². The van der Waals surface area contributed by atoms with Crippen LogP contribution in [0.5, 0.6) is 11.5 Å². The number of nitrogens with one attached hydrogen (secondary N) is 1. The number of anilines is 1. The van der Waals surface area contributed by atoms with E-state index in [1.54, 1.807) is 38.5 Å². The van der Waals surface area contributed by atoms with Crippen LogP contribution in [0.2, 0.25) is 0 Å². The zero-order valence-corrected chi connectivity index (χ0v) is 16.4. The number of thiazole rings is 1. The summed E-state index contributed by atoms with van der Waals surface area (Å²) in [6, 6.07) is 14.8. The van der Waals surface area contributed by atoms with Crippen molar-refractivity contribution in [3.8, 4) is 22.8 Å². The van der Waals surface area contributed by atoms with Crippen molar-refractivity contribution in [3.63, 3.8) is 0 Å². The summed E-state index contributed by atoms with van der Waals surface area (Å²) >= 11 is 1.52. The molecule has 0 atom stereocenters. The van der Waals surface area contributed by atoms with Crippen LogP contribution in [-0.2, 0) is 6.42 Å². The molecule has 0 saturated heterocycles. The maximum Gasteiger partial charge on any atom is 0.257 e. The molecule has 140 valence electrons. The number of aryl methyl sites for hydroxylation is 1. The Morgan fingerprint density at radius 1 is 1.00 bits per heavy atom. The lowest BCUT2D eigenvalue weighted by Crippen LogP contribution is -2.11. The zero-order valence-electron chi connectivity index (χ0n) is 15.6. The van der Waals surface area contributed by atoms with E-state index in [-0.39, 0.29) is 5.91 Å². The molecular formula is C21H22N2O3S. The molecule has 0 saturated carbocycles. The minimum atomic E-state index is -0.185. The average Bonchev–Trinajstić information content (AvgIpc) is 3.10. The number of ether oxygens (including phenoxy) is 2. The molecule has 2 aromatic carbocycles. The van der Waals surface area contributed by atoms with Gasteiger partial charge in [-0.25, -0.2) is 4.98 Å². The first-order valence-corrected chi connectivity index (χ1v) is 9.55. The van der Waals surface area contributed by atoms with Gasteiger partial charge in [-0.05, 0) is 55.0 Å². The Kier molecular flexibility index (Phi) is 6.08. The molecule has 0 aliphatic rings. The molecule has 0 fully saturated rings. The van der Waals surface area contributed by atoms with Gasteiger partial charge in [0.1, 0.15) is 11.5 Å². The highest BCUT2D eigenvalue weighted by atomic mass is 32.1. The number of carbonyl (C=O) groups excluding carboxylic acids is 1. The Bertz CT molecular complexity index is 902. The lowest BCUT2D eigenvalue weighted by molar-refractivity contribution is 0.102. The van der Waals surface area contributed by atoms with Crippen LogP contribution in [0.25, 0.3) is 11.3 Å². The second-order valence-electron chi connectivity index (χ2n) is 5.95. The molecule has 3 rings (SSSR count). The van der Waals surface area contributed by atoms with Gasteiger partial charge >= 0.3 is 0 Å². The number of rotatable bonds is 7. The molecule has 1 aromatic heterocycles. The second-order valence-corrected chi connectivity index (χ2v) is 7.04. The van der Waals surface area contributed by atoms with E-state index in [2.05, 4.69) is 17.2 Å². The van der Waals surface area contributed by atoms with E-state index in [9.17, 15) is 4.79 Å². The Balaban J connectivity index is 1.83. The van der Waals surface area contributed by atoms with E-state index in [0.717, 1.165) is 34.7 Å². The fourth-order valence-electron chi connectivity index (χ4n) is 2.69. The summed E-state index contributed by atoms with van der Waals surface area (Å²) in [5.74, 6) is 1.34. The summed E-state index contributed by atoms with van der Waals surface area (Å²) in [5.41, 5.74) is 2.49. The third-order valence-corrected chi connectivity index (χ3v) is 5.14. The summed E-state index contributed by atoms with van der Waals surface area (Å²) in [6.07, 6.45) is 1.93. The third-order valence-electron chi connectivity index (χ3n) is 4.11. The largest absolute Gasteiger partial charge is 0.497 e. The van der Waals surface area contributed by atoms with Gasteiger partial charge in [-0.2, -0.15) is 0 Å². The summed E-state index contributed by atoms with van der Waals surface area (Å²) < 4.78 is 10.4. The number of hydrogen-bond donors (Lipinski definition) is 1. The van der Waals surface area contributed by atoms with Gasteiger partial charge in [0.2, 0.25) is 0 Å². The van der Waals surface area contributed by atoms with Crippen LogP contribution in [0.1, 0.15) is 28.6 Å². The SMILES string of the molecule is CCCc1sc(NC(=O)c2ccc(OC)cc2)nc1-c1ccc(OC)cc1. The highest BCUT2D eigenvalue weighted by molar-refractivity contribution is 7.16. The predicted molar refractivity (Wildman–Crippen MR) is 109 cm³/mol. The first-order valence-electron chi connectivity index (χ1n) is 8.74. The molecule has 1 N–H and O–H groups in total. The fraction of sp³-hybridized carbons (Fsp3) is 0.238. The van der Waals surface area contributed by atoms with Gasteiger partial charge in [0, 0.05) is 16.0 Å². The van der Waals surface area contributed by atoms with Crippen molar-refractivity contribution in [2.24, 2.45) is 0 Å². The van der Waals surface area contributed by atoms with E-state index < -0.39 is 0 Å². The molecule has 1 amide bonds. The number of carbonyl (C=O) groups is 1. The smallest absolute Gasteiger partial charge is 0.257 e. The molecule has 3 aromatic rings. The summed E-state index contributed by atoms with van der Waals surface area (Å²) in [5, 5.41) is 3.51. The number of nitrogens with zero attached hydrogens (tertiary/aromatic N) is 1. The molecule has 27 heavy (non-hydrogen) atoms. The topological polar surface area (TPSA) is 60.5 Å². The van der Waals surface area contributed by atoms with Gasteiger partial charge < -0.3 is 9.47 Å². The zero-order chi connectivity index (χ0) is 19.2. The van der Waals surface area contributed by atoms with E-state index in [1.807, 2.05) is 24.3 Å². The molecule has 0 aliphatic heterocycles. The lowest BCUT2D eigenvalue weighted by atomic mass is 10.1. The van der Waals surface area contributed by atoms with Crippen LogP contribution in [0.4, 0.5) is 5.13 Å². The third kappa shape index (κ3) is 4.46. The van der Waals surface area contributed by atoms with Crippen LogP contribution >= 0.6 is 11.3 Å². The normalized spacial score (nSPS) is 10.5. The van der Waals surface area contributed by atoms with E-state index in [0.29, 0.717) is 16.4 Å². The molecule has 6 heteroatoms. The number of hydrogen-bond acceptors (Lipinski definition) is 5. The Hall–Kier alpha value is -2.86. The van der Waals surface area contributed by atoms with Gasteiger partial charge in [0.05, 0.1) is 19.9 Å². The van der Waals surface area contributed by atoms with Crippen molar-refractivity contribution in [2.45, 2.75) is 19.8 Å². The van der Waals surface area contributed by atoms with Crippen molar-refractivity contribution in [2.75, 3.05) is 19.5 Å². The molecule has 1 heterocycles. The maximum absolute atomic E-state index is 12.5. The van der Waals surface area contributed by atoms with E-state index in [1.165, 1.54) is 11.3 Å². The average molecular weight is 382 g/mol. The number of benzene rings is 2. The predicted octanol–water partition coefficient (Wildman–Crippen LogP) is 5.03. The Morgan fingerprint density at radius 2 is 1.59 bits per heavy atom. The van der Waals surface area contributed by atoms with E-state index in [4.69, 9.17) is 9.47 Å². The number of amides is 1. The maximum atomic E-state index is 12.5. The van der Waals surface area contributed by atoms with Crippen LogP contribution in [-0.4, -0.2) is 25.1 Å². The van der Waals surface area contributed by atoms with Gasteiger partial charge in [-0.1, -0.05) is 13.3 Å². The van der Waals surface area contributed by atoms with Crippen molar-refractivity contribution in [3.05, 3.63) is 59.0 Å². The second kappa shape index (κ2) is 8.68. The van der Waals surface area contributed by atoms with E-state index >= 15 is 0 Å². The van der Waals surface area contributed by atoms with Gasteiger partial charge in [-0.3, -0.25) is 10.1 Å². The van der Waals surface area contributed by atoms with Crippen LogP contribution in [0.15, 0.2) is 48.5 Å². The fourth-order valence-corrected chi connectivity index (χ4v) is 3.77. The minimum absolute atomic E-state index is 0.185. The molecule has 0 unspecified atom stereocenters. The summed E-state index contributed by atoms with van der Waals surface area (Å²) in [4.78, 5) is 18.3. The Morgan fingerprint density at radius 3 is 2.15 bits per heavy atom. The molecule has 0 aliphatic carbocycles. The summed E-state index contributed by atoms with van der Waals surface area (Å²) in [7, 11) is 3.24. The van der Waals surface area contributed by atoms with Crippen LogP contribution in [0, 0.1) is 0 Å². The van der Waals surface area contributed by atoms with Crippen molar-refractivity contribution >= 4 is 22.4 Å². The highest BCUT2D eigenvalue weighted by Crippen LogP contribution is 2.33. The van der Waals surface area contributed by atoms with Crippen LogP contribution in [0.3, 0.4) is 0 Å². The molecule has 0 bridgehead atoms. The summed E-state index contributed by atoms with van der Waals surface area (Å²) in [6.45, 7) is 2.13. The first-order chi connectivity index (χ1) is 13.1. The van der Waals surface area contributed by atoms with Gasteiger partial charge in [0.25, 0.3) is 5.91 Å². The molecular weight excluding hydrogens is 360 g/mol.